The summed E-state index contributed by atoms with van der Waals surface area (Å²) < 4.78 is 39.0. The van der Waals surface area contributed by atoms with E-state index in [1.54, 1.807) is 30.3 Å². The number of ether oxygens (including phenoxy) is 2. The van der Waals surface area contributed by atoms with E-state index in [2.05, 4.69) is 37.4 Å². The molecule has 48 heavy (non-hydrogen) atoms. The maximum absolute atomic E-state index is 14.5. The van der Waals surface area contributed by atoms with Gasteiger partial charge in [0.2, 0.25) is 0 Å². The number of para-hydroxylation sites is 1. The minimum atomic E-state index is -4.36. The number of benzene rings is 1. The van der Waals surface area contributed by atoms with E-state index in [1.807, 2.05) is 45.1 Å². The molecule has 6 unspecified atom stereocenters. The zero-order valence-electron chi connectivity index (χ0n) is 26.8. The van der Waals surface area contributed by atoms with Crippen molar-refractivity contribution in [1.82, 2.24) is 20.0 Å². The van der Waals surface area contributed by atoms with Crippen molar-refractivity contribution in [3.63, 3.8) is 0 Å². The van der Waals surface area contributed by atoms with Crippen LogP contribution in [0.4, 0.5) is 0 Å². The monoisotopic (exact) mass is 746 g/mol. The van der Waals surface area contributed by atoms with Gasteiger partial charge in [-0.2, -0.15) is 5.09 Å². The molecule has 0 bridgehead atoms. The van der Waals surface area contributed by atoms with Crippen LogP contribution in [-0.2, 0) is 23.4 Å². The lowest BCUT2D eigenvalue weighted by Gasteiger charge is -2.27. The van der Waals surface area contributed by atoms with Gasteiger partial charge in [0.25, 0.3) is 5.56 Å². The quantitative estimate of drug-likeness (QED) is 0.170. The van der Waals surface area contributed by atoms with Crippen molar-refractivity contribution in [2.45, 2.75) is 64.1 Å². The van der Waals surface area contributed by atoms with Crippen molar-refractivity contribution in [2.75, 3.05) is 13.2 Å². The number of halogens is 1. The predicted octanol–water partition coefficient (Wildman–Crippen LogP) is 4.29. The van der Waals surface area contributed by atoms with E-state index in [0.29, 0.717) is 0 Å². The van der Waals surface area contributed by atoms with Crippen molar-refractivity contribution in [1.29, 1.82) is 0 Å². The summed E-state index contributed by atoms with van der Waals surface area (Å²) in [7, 11) is -4.36. The van der Waals surface area contributed by atoms with Gasteiger partial charge in [0.1, 0.15) is 24.1 Å². The SMILES string of the molecule is CC(C)(C)COC(=O)[C@H](CC1=CC2C=CC=CC2N1)NP(=O)(OCC1OC(n2cc(/C=C/Br)c(=O)[nH]c2=O)CC1O)Oc1ccccc1. The zero-order chi connectivity index (χ0) is 34.5. The van der Waals surface area contributed by atoms with Crippen molar-refractivity contribution in [2.24, 2.45) is 11.3 Å². The van der Waals surface area contributed by atoms with Gasteiger partial charge < -0.3 is 24.4 Å². The number of esters is 1. The molecule has 1 aromatic carbocycles. The minimum Gasteiger partial charge on any atom is -0.464 e. The molecule has 1 saturated heterocycles. The second-order valence-corrected chi connectivity index (χ2v) is 15.2. The number of nitrogens with zero attached hydrogens (tertiary/aromatic N) is 1. The van der Waals surface area contributed by atoms with Gasteiger partial charge in [-0.25, -0.2) is 9.36 Å². The van der Waals surface area contributed by atoms with Crippen LogP contribution in [0.1, 0.15) is 45.4 Å². The smallest absolute Gasteiger partial charge is 0.459 e. The Morgan fingerprint density at radius 2 is 1.98 bits per heavy atom. The predicted molar refractivity (Wildman–Crippen MR) is 183 cm³/mol. The number of nitrogens with one attached hydrogen (secondary N) is 3. The van der Waals surface area contributed by atoms with E-state index >= 15 is 0 Å². The Balaban J connectivity index is 1.36. The molecular formula is C33H40BrN4O9P. The van der Waals surface area contributed by atoms with Crippen LogP contribution in [0, 0.1) is 11.3 Å². The Bertz CT molecular complexity index is 1750. The molecule has 5 rings (SSSR count). The standard InChI is InChI=1S/C33H40BrN4O9P/c1-33(2,3)20-44-31(41)26(16-23-15-21-9-7-8-12-25(21)35-23)37-48(43,47-24-10-5-4-6-11-24)45-19-28-27(39)17-29(46-28)38-18-22(13-14-34)30(40)36-32(38)42/h4-15,18,21,25-29,35,39H,16-17,19-20H2,1-3H3,(H,37,43)(H,36,40,42)/b14-13+/t21?,25?,26-,27?,28?,29?,48?/m0/s1. The Hall–Kier alpha value is -3.52. The summed E-state index contributed by atoms with van der Waals surface area (Å²) in [6.45, 7) is 5.49. The summed E-state index contributed by atoms with van der Waals surface area (Å²) in [5.41, 5.74) is -0.668. The van der Waals surface area contributed by atoms with Crippen molar-refractivity contribution < 1.29 is 33.0 Å². The topological polar surface area (TPSA) is 170 Å². The number of rotatable bonds is 13. The molecule has 7 atom stereocenters. The molecule has 15 heteroatoms. The average Bonchev–Trinajstić information content (AvgIpc) is 3.62. The summed E-state index contributed by atoms with van der Waals surface area (Å²) in [5.74, 6) is -0.319. The van der Waals surface area contributed by atoms with E-state index < -0.39 is 56.0 Å². The fourth-order valence-corrected chi connectivity index (χ4v) is 7.13. The number of aliphatic hydroxyl groups is 1. The summed E-state index contributed by atoms with van der Waals surface area (Å²) in [5, 5.41) is 17.1. The van der Waals surface area contributed by atoms with Crippen molar-refractivity contribution in [3.05, 3.63) is 104 Å². The zero-order valence-corrected chi connectivity index (χ0v) is 29.3. The molecule has 1 aromatic heterocycles. The Morgan fingerprint density at radius 3 is 2.69 bits per heavy atom. The van der Waals surface area contributed by atoms with E-state index in [9.17, 15) is 24.1 Å². The van der Waals surface area contributed by atoms with E-state index in [1.165, 1.54) is 17.3 Å². The van der Waals surface area contributed by atoms with E-state index in [4.69, 9.17) is 18.5 Å². The summed E-state index contributed by atoms with van der Waals surface area (Å²) >= 11 is 3.12. The van der Waals surface area contributed by atoms with Crippen molar-refractivity contribution >= 4 is 35.7 Å². The number of hydrogen-bond acceptors (Lipinski definition) is 10. The molecule has 3 heterocycles. The molecule has 3 aliphatic rings. The first kappa shape index (κ1) is 35.8. The van der Waals surface area contributed by atoms with E-state index in [-0.39, 0.29) is 48.1 Å². The highest BCUT2D eigenvalue weighted by atomic mass is 79.9. The summed E-state index contributed by atoms with van der Waals surface area (Å²) in [6.07, 6.45) is 9.78. The third-order valence-electron chi connectivity index (χ3n) is 7.72. The highest BCUT2D eigenvalue weighted by Crippen LogP contribution is 2.46. The Morgan fingerprint density at radius 1 is 1.23 bits per heavy atom. The molecule has 4 N–H and O–H groups in total. The number of fused-ring (bicyclic) bond motifs is 1. The first-order chi connectivity index (χ1) is 22.8. The van der Waals surface area contributed by atoms with Gasteiger partial charge in [-0.3, -0.25) is 23.7 Å². The number of hydrogen-bond donors (Lipinski definition) is 4. The number of aliphatic hydroxyl groups excluding tert-OH is 1. The largest absolute Gasteiger partial charge is 0.464 e. The molecule has 0 spiro atoms. The van der Waals surface area contributed by atoms with Crippen LogP contribution in [0.2, 0.25) is 0 Å². The van der Waals surface area contributed by atoms with Crippen LogP contribution in [0.3, 0.4) is 0 Å². The molecule has 0 amide bonds. The number of aromatic nitrogens is 2. The highest BCUT2D eigenvalue weighted by Gasteiger charge is 2.41. The maximum atomic E-state index is 14.5. The summed E-state index contributed by atoms with van der Waals surface area (Å²) in [6, 6.07) is 7.23. The number of aromatic amines is 1. The number of H-pyrrole nitrogens is 1. The lowest BCUT2D eigenvalue weighted by molar-refractivity contribution is -0.148. The maximum Gasteiger partial charge on any atom is 0.459 e. The Kier molecular flexibility index (Phi) is 11.4. The first-order valence-corrected chi connectivity index (χ1v) is 18.0. The van der Waals surface area contributed by atoms with Gasteiger partial charge in [-0.05, 0) is 28.6 Å². The average molecular weight is 748 g/mol. The summed E-state index contributed by atoms with van der Waals surface area (Å²) in [4.78, 5) is 42.0. The molecular weight excluding hydrogens is 707 g/mol. The van der Waals surface area contributed by atoms with Crippen molar-refractivity contribution in [3.8, 4) is 5.75 Å². The lowest BCUT2D eigenvalue weighted by Crippen LogP contribution is -2.41. The number of carbonyl (C=O) groups excluding carboxylic acids is 1. The Labute approximate surface area is 286 Å². The van der Waals surface area contributed by atoms with E-state index in [0.717, 1.165) is 10.3 Å². The molecule has 0 saturated carbocycles. The van der Waals surface area contributed by atoms with Crippen LogP contribution in [0.5, 0.6) is 5.75 Å². The fourth-order valence-electron chi connectivity index (χ4n) is 5.35. The fraction of sp³-hybridized carbons (Fsp3) is 0.424. The van der Waals surface area contributed by atoms with Crippen LogP contribution < -0.4 is 26.2 Å². The van der Waals surface area contributed by atoms with Crippen LogP contribution in [0.25, 0.3) is 6.08 Å². The second kappa shape index (κ2) is 15.4. The van der Waals surface area contributed by atoms with Gasteiger partial charge in [-0.1, -0.05) is 85.3 Å². The molecule has 2 aliphatic heterocycles. The van der Waals surface area contributed by atoms with Crippen LogP contribution in [-0.4, -0.2) is 58.1 Å². The van der Waals surface area contributed by atoms with Gasteiger partial charge >= 0.3 is 19.4 Å². The molecule has 1 aliphatic carbocycles. The highest BCUT2D eigenvalue weighted by molar-refractivity contribution is 9.11. The molecule has 0 radical (unpaired) electrons. The molecule has 2 aromatic rings. The number of carbonyl (C=O) groups is 1. The molecule has 1 fully saturated rings. The third-order valence-corrected chi connectivity index (χ3v) is 9.56. The van der Waals surface area contributed by atoms with Crippen LogP contribution >= 0.6 is 23.7 Å². The van der Waals surface area contributed by atoms with Crippen LogP contribution in [0.15, 0.2) is 87.2 Å². The molecule has 258 valence electrons. The lowest BCUT2D eigenvalue weighted by atomic mass is 9.98. The second-order valence-electron chi connectivity index (χ2n) is 12.9. The first-order valence-electron chi connectivity index (χ1n) is 15.5. The minimum absolute atomic E-state index is 0.0124. The normalized spacial score (nSPS) is 25.3. The van der Waals surface area contributed by atoms with Gasteiger partial charge in [0.05, 0.1) is 30.9 Å². The number of allylic oxidation sites excluding steroid dienone is 2. The molecule has 13 nitrogen and oxygen atoms in total. The van der Waals surface area contributed by atoms with Gasteiger partial charge in [-0.15, -0.1) is 0 Å². The third kappa shape index (κ3) is 9.34. The van der Waals surface area contributed by atoms with Gasteiger partial charge in [0, 0.05) is 30.7 Å². The van der Waals surface area contributed by atoms with Gasteiger partial charge in [0.15, 0.2) is 0 Å².